The molecule has 122 valence electrons. The van der Waals surface area contributed by atoms with Crippen molar-refractivity contribution in [2.45, 2.75) is 13.3 Å². The summed E-state index contributed by atoms with van der Waals surface area (Å²) in [5.74, 6) is 0.881. The van der Waals surface area contributed by atoms with E-state index in [-0.39, 0.29) is 13.0 Å². The van der Waals surface area contributed by atoms with Gasteiger partial charge in [0.1, 0.15) is 11.5 Å². The van der Waals surface area contributed by atoms with Gasteiger partial charge in [0.15, 0.2) is 0 Å². The maximum absolute atomic E-state index is 10.5. The molecule has 5 nitrogen and oxygen atoms in total. The number of hydrogen-bond acceptors (Lipinski definition) is 4. The van der Waals surface area contributed by atoms with Crippen LogP contribution in [0.2, 0.25) is 0 Å². The molecular weight excluding hydrogens is 306 g/mol. The highest BCUT2D eigenvalue weighted by Crippen LogP contribution is 2.25. The SMILES string of the molecule is Cc1ccc2ccc(Oc3ccc(OCCC(=O)O)cc3)nc2c1. The number of aryl methyl sites for hydroxylation is 1. The summed E-state index contributed by atoms with van der Waals surface area (Å²) < 4.78 is 11.1. The molecule has 3 aromatic rings. The van der Waals surface area contributed by atoms with E-state index >= 15 is 0 Å². The summed E-state index contributed by atoms with van der Waals surface area (Å²) in [6, 6.07) is 16.9. The van der Waals surface area contributed by atoms with Crippen LogP contribution in [0, 0.1) is 6.92 Å². The number of nitrogens with zero attached hydrogens (tertiary/aromatic N) is 1. The predicted molar refractivity (Wildman–Crippen MR) is 90.7 cm³/mol. The van der Waals surface area contributed by atoms with Gasteiger partial charge < -0.3 is 14.6 Å². The number of fused-ring (bicyclic) bond motifs is 1. The van der Waals surface area contributed by atoms with Crippen LogP contribution in [-0.4, -0.2) is 22.7 Å². The van der Waals surface area contributed by atoms with Crippen molar-refractivity contribution in [3.05, 3.63) is 60.2 Å². The molecule has 5 heteroatoms. The van der Waals surface area contributed by atoms with Crippen LogP contribution in [0.25, 0.3) is 10.9 Å². The van der Waals surface area contributed by atoms with E-state index in [0.717, 1.165) is 16.5 Å². The standard InChI is InChI=1S/C19H17NO4/c1-13-2-3-14-4-9-18(20-17(14)12-13)24-16-7-5-15(6-8-16)23-11-10-19(21)22/h2-9,12H,10-11H2,1H3,(H,21,22). The Hall–Kier alpha value is -3.08. The lowest BCUT2D eigenvalue weighted by molar-refractivity contribution is -0.137. The van der Waals surface area contributed by atoms with Gasteiger partial charge in [-0.25, -0.2) is 4.98 Å². The molecule has 0 atom stereocenters. The number of carbonyl (C=O) groups is 1. The predicted octanol–water partition coefficient (Wildman–Crippen LogP) is 4.19. The van der Waals surface area contributed by atoms with Crippen molar-refractivity contribution < 1.29 is 19.4 Å². The van der Waals surface area contributed by atoms with Crippen LogP contribution in [0.3, 0.4) is 0 Å². The highest BCUT2D eigenvalue weighted by atomic mass is 16.5. The average molecular weight is 323 g/mol. The molecule has 1 aromatic heterocycles. The fraction of sp³-hybridized carbons (Fsp3) is 0.158. The van der Waals surface area contributed by atoms with E-state index in [9.17, 15) is 4.79 Å². The molecule has 0 aliphatic heterocycles. The van der Waals surface area contributed by atoms with Gasteiger partial charge in [-0.1, -0.05) is 12.1 Å². The van der Waals surface area contributed by atoms with Gasteiger partial charge in [0.2, 0.25) is 5.88 Å². The minimum absolute atomic E-state index is 0.0291. The van der Waals surface area contributed by atoms with Crippen molar-refractivity contribution in [3.8, 4) is 17.4 Å². The number of hydrogen-bond donors (Lipinski definition) is 1. The van der Waals surface area contributed by atoms with Gasteiger partial charge in [-0.15, -0.1) is 0 Å². The van der Waals surface area contributed by atoms with E-state index in [1.165, 1.54) is 0 Å². The quantitative estimate of drug-likeness (QED) is 0.736. The van der Waals surface area contributed by atoms with Crippen LogP contribution in [0.15, 0.2) is 54.6 Å². The normalized spacial score (nSPS) is 10.5. The largest absolute Gasteiger partial charge is 0.493 e. The first-order valence-electron chi connectivity index (χ1n) is 7.60. The molecule has 0 aliphatic rings. The summed E-state index contributed by atoms with van der Waals surface area (Å²) >= 11 is 0. The van der Waals surface area contributed by atoms with Gasteiger partial charge in [0, 0.05) is 11.5 Å². The van der Waals surface area contributed by atoms with Gasteiger partial charge in [0.05, 0.1) is 18.5 Å². The molecule has 0 aliphatic carbocycles. The number of aliphatic carboxylic acids is 1. The summed E-state index contributed by atoms with van der Waals surface area (Å²) in [6.07, 6.45) is -0.0291. The highest BCUT2D eigenvalue weighted by Gasteiger charge is 2.03. The van der Waals surface area contributed by atoms with Crippen molar-refractivity contribution in [2.75, 3.05) is 6.61 Å². The molecule has 0 saturated heterocycles. The third-order valence-corrected chi connectivity index (χ3v) is 3.45. The smallest absolute Gasteiger partial charge is 0.306 e. The Balaban J connectivity index is 1.68. The third kappa shape index (κ3) is 4.01. The van der Waals surface area contributed by atoms with Crippen molar-refractivity contribution in [3.63, 3.8) is 0 Å². The summed E-state index contributed by atoms with van der Waals surface area (Å²) in [5.41, 5.74) is 2.04. The topological polar surface area (TPSA) is 68.7 Å². The Morgan fingerprint density at radius 2 is 1.75 bits per heavy atom. The second-order valence-corrected chi connectivity index (χ2v) is 5.41. The van der Waals surface area contributed by atoms with E-state index in [1.807, 2.05) is 37.3 Å². The Kier molecular flexibility index (Phi) is 4.61. The number of benzene rings is 2. The van der Waals surface area contributed by atoms with E-state index in [4.69, 9.17) is 14.6 Å². The Labute approximate surface area is 139 Å². The molecular formula is C19H17NO4. The summed E-state index contributed by atoms with van der Waals surface area (Å²) in [5, 5.41) is 9.65. The number of aromatic nitrogens is 1. The van der Waals surface area contributed by atoms with Crippen LogP contribution >= 0.6 is 0 Å². The molecule has 0 saturated carbocycles. The maximum atomic E-state index is 10.5. The minimum Gasteiger partial charge on any atom is -0.493 e. The molecule has 0 fully saturated rings. The molecule has 2 aromatic carbocycles. The molecule has 0 unspecified atom stereocenters. The lowest BCUT2D eigenvalue weighted by Crippen LogP contribution is -2.04. The number of rotatable bonds is 6. The van der Waals surface area contributed by atoms with Crippen molar-refractivity contribution in [1.82, 2.24) is 4.98 Å². The molecule has 3 rings (SSSR count). The lowest BCUT2D eigenvalue weighted by atomic mass is 10.1. The number of pyridine rings is 1. The fourth-order valence-corrected chi connectivity index (χ4v) is 2.25. The third-order valence-electron chi connectivity index (χ3n) is 3.45. The Morgan fingerprint density at radius 3 is 2.50 bits per heavy atom. The first-order valence-corrected chi connectivity index (χ1v) is 7.60. The van der Waals surface area contributed by atoms with Gasteiger partial charge >= 0.3 is 5.97 Å². The Bertz CT molecular complexity index is 859. The zero-order chi connectivity index (χ0) is 16.9. The van der Waals surface area contributed by atoms with Crippen LogP contribution in [0.5, 0.6) is 17.4 Å². The molecule has 24 heavy (non-hydrogen) atoms. The van der Waals surface area contributed by atoms with E-state index in [0.29, 0.717) is 17.4 Å². The van der Waals surface area contributed by atoms with Crippen molar-refractivity contribution >= 4 is 16.9 Å². The minimum atomic E-state index is -0.882. The zero-order valence-corrected chi connectivity index (χ0v) is 13.2. The van der Waals surface area contributed by atoms with Gasteiger partial charge in [-0.3, -0.25) is 4.79 Å². The molecule has 0 radical (unpaired) electrons. The second kappa shape index (κ2) is 7.00. The maximum Gasteiger partial charge on any atom is 0.306 e. The van der Waals surface area contributed by atoms with Crippen molar-refractivity contribution in [1.29, 1.82) is 0 Å². The molecule has 0 spiro atoms. The van der Waals surface area contributed by atoms with Crippen LogP contribution < -0.4 is 9.47 Å². The fourth-order valence-electron chi connectivity index (χ4n) is 2.25. The second-order valence-electron chi connectivity index (χ2n) is 5.41. The number of carboxylic acid groups (broad SMARTS) is 1. The van der Waals surface area contributed by atoms with Gasteiger partial charge in [-0.05, 0) is 48.9 Å². The first-order chi connectivity index (χ1) is 11.6. The first kappa shape index (κ1) is 15.8. The van der Waals surface area contributed by atoms with E-state index in [2.05, 4.69) is 4.98 Å². The number of carboxylic acids is 1. The molecule has 0 amide bonds. The number of ether oxygens (including phenoxy) is 2. The van der Waals surface area contributed by atoms with Crippen LogP contribution in [0.4, 0.5) is 0 Å². The zero-order valence-electron chi connectivity index (χ0n) is 13.2. The molecule has 1 heterocycles. The van der Waals surface area contributed by atoms with E-state index in [1.54, 1.807) is 24.3 Å². The van der Waals surface area contributed by atoms with Crippen LogP contribution in [-0.2, 0) is 4.79 Å². The summed E-state index contributed by atoms with van der Waals surface area (Å²) in [6.45, 7) is 2.17. The van der Waals surface area contributed by atoms with Crippen LogP contribution in [0.1, 0.15) is 12.0 Å². The average Bonchev–Trinajstić information content (AvgIpc) is 2.56. The Morgan fingerprint density at radius 1 is 1.04 bits per heavy atom. The molecule has 1 N–H and O–H groups in total. The summed E-state index contributed by atoms with van der Waals surface area (Å²) in [7, 11) is 0. The lowest BCUT2D eigenvalue weighted by Gasteiger charge is -2.08. The highest BCUT2D eigenvalue weighted by molar-refractivity contribution is 5.79. The monoisotopic (exact) mass is 323 g/mol. The summed E-state index contributed by atoms with van der Waals surface area (Å²) in [4.78, 5) is 15.0. The van der Waals surface area contributed by atoms with E-state index < -0.39 is 5.97 Å². The molecule has 0 bridgehead atoms. The van der Waals surface area contributed by atoms with Gasteiger partial charge in [-0.2, -0.15) is 0 Å². The van der Waals surface area contributed by atoms with Crippen molar-refractivity contribution in [2.24, 2.45) is 0 Å². The van der Waals surface area contributed by atoms with Gasteiger partial charge in [0.25, 0.3) is 0 Å².